The van der Waals surface area contributed by atoms with Gasteiger partial charge in [0.2, 0.25) is 5.91 Å². The van der Waals surface area contributed by atoms with Crippen molar-refractivity contribution in [1.29, 1.82) is 0 Å². The molecule has 0 aliphatic heterocycles. The molecule has 2 unspecified atom stereocenters. The van der Waals surface area contributed by atoms with E-state index in [0.29, 0.717) is 12.8 Å². The molecular formula is C13H14FNO3. The molecule has 1 aliphatic rings. The van der Waals surface area contributed by atoms with Crippen molar-refractivity contribution in [1.82, 2.24) is 0 Å². The first-order valence-electron chi connectivity index (χ1n) is 5.79. The smallest absolute Gasteiger partial charge is 0.307 e. The molecule has 2 N–H and O–H groups in total. The molecule has 1 amide bonds. The summed E-state index contributed by atoms with van der Waals surface area (Å²) in [5.41, 5.74) is 0.936. The first-order chi connectivity index (χ1) is 8.49. The molecular weight excluding hydrogens is 237 g/mol. The van der Waals surface area contributed by atoms with Gasteiger partial charge in [-0.3, -0.25) is 9.59 Å². The minimum atomic E-state index is -0.967. The van der Waals surface area contributed by atoms with Crippen LogP contribution in [0.4, 0.5) is 10.1 Å². The first kappa shape index (κ1) is 12.5. The second-order valence-corrected chi connectivity index (χ2v) is 4.60. The molecule has 0 spiro atoms. The maximum Gasteiger partial charge on any atom is 0.307 e. The van der Waals surface area contributed by atoms with Crippen LogP contribution in [0.25, 0.3) is 0 Å². The molecule has 18 heavy (non-hydrogen) atoms. The number of aryl methyl sites for hydroxylation is 1. The first-order valence-corrected chi connectivity index (χ1v) is 5.79. The van der Waals surface area contributed by atoms with E-state index in [9.17, 15) is 14.0 Å². The fourth-order valence-corrected chi connectivity index (χ4v) is 2.07. The largest absolute Gasteiger partial charge is 0.481 e. The van der Waals surface area contributed by atoms with Crippen molar-refractivity contribution in [3.05, 3.63) is 29.6 Å². The van der Waals surface area contributed by atoms with Crippen molar-refractivity contribution in [2.24, 2.45) is 11.8 Å². The minimum Gasteiger partial charge on any atom is -0.481 e. The van der Waals surface area contributed by atoms with Gasteiger partial charge in [0, 0.05) is 0 Å². The lowest BCUT2D eigenvalue weighted by molar-refractivity contribution is -0.151. The van der Waals surface area contributed by atoms with Crippen molar-refractivity contribution in [2.45, 2.75) is 19.8 Å². The summed E-state index contributed by atoms with van der Waals surface area (Å²) in [5, 5.41) is 11.3. The summed E-state index contributed by atoms with van der Waals surface area (Å²) in [6.45, 7) is 1.79. The highest BCUT2D eigenvalue weighted by molar-refractivity contribution is 5.96. The summed E-state index contributed by atoms with van der Waals surface area (Å²) in [7, 11) is 0. The van der Waals surface area contributed by atoms with Crippen LogP contribution in [-0.4, -0.2) is 17.0 Å². The Bertz CT molecular complexity index is 501. The van der Waals surface area contributed by atoms with Gasteiger partial charge in [0.25, 0.3) is 0 Å². The second kappa shape index (κ2) is 4.76. The Morgan fingerprint density at radius 1 is 1.33 bits per heavy atom. The quantitative estimate of drug-likeness (QED) is 0.865. The van der Waals surface area contributed by atoms with E-state index >= 15 is 0 Å². The number of carboxylic acids is 1. The number of carboxylic acid groups (broad SMARTS) is 1. The van der Waals surface area contributed by atoms with E-state index in [1.54, 1.807) is 13.0 Å². The van der Waals surface area contributed by atoms with Crippen LogP contribution in [0.15, 0.2) is 18.2 Å². The number of amides is 1. The van der Waals surface area contributed by atoms with Gasteiger partial charge in [-0.2, -0.15) is 0 Å². The Labute approximate surface area is 104 Å². The number of anilines is 1. The zero-order valence-electron chi connectivity index (χ0n) is 9.94. The Hall–Kier alpha value is -1.91. The standard InChI is InChI=1S/C13H14FNO3/c1-7-2-5-10(14)11(6-7)15-12(16)8-3-4-9(8)13(17)18/h2,5-6,8-9H,3-4H2,1H3,(H,15,16)(H,17,18). The minimum absolute atomic E-state index is 0.107. The van der Waals surface area contributed by atoms with E-state index in [0.717, 1.165) is 5.56 Å². The maximum atomic E-state index is 13.4. The summed E-state index contributed by atoms with van der Waals surface area (Å²) in [6.07, 6.45) is 1.04. The van der Waals surface area contributed by atoms with Gasteiger partial charge in [0.1, 0.15) is 5.82 Å². The molecule has 96 valence electrons. The summed E-state index contributed by atoms with van der Waals surface area (Å²) in [6, 6.07) is 4.41. The monoisotopic (exact) mass is 251 g/mol. The number of carbonyl (C=O) groups excluding carboxylic acids is 1. The van der Waals surface area contributed by atoms with Crippen LogP contribution in [0.5, 0.6) is 0 Å². The number of halogens is 1. The average molecular weight is 251 g/mol. The van der Waals surface area contributed by atoms with Crippen LogP contribution in [0.2, 0.25) is 0 Å². The summed E-state index contributed by atoms with van der Waals surface area (Å²) in [4.78, 5) is 22.6. The van der Waals surface area contributed by atoms with Gasteiger partial charge in [-0.25, -0.2) is 4.39 Å². The number of nitrogens with one attached hydrogen (secondary N) is 1. The number of rotatable bonds is 3. The molecule has 0 bridgehead atoms. The molecule has 1 saturated carbocycles. The molecule has 2 rings (SSSR count). The molecule has 5 heteroatoms. The molecule has 0 heterocycles. The van der Waals surface area contributed by atoms with E-state index in [4.69, 9.17) is 5.11 Å². The van der Waals surface area contributed by atoms with Gasteiger partial charge < -0.3 is 10.4 Å². The third-order valence-electron chi connectivity index (χ3n) is 3.31. The lowest BCUT2D eigenvalue weighted by Crippen LogP contribution is -2.41. The van der Waals surface area contributed by atoms with E-state index in [1.807, 2.05) is 0 Å². The van der Waals surface area contributed by atoms with Crippen molar-refractivity contribution < 1.29 is 19.1 Å². The van der Waals surface area contributed by atoms with Crippen molar-refractivity contribution >= 4 is 17.6 Å². The van der Waals surface area contributed by atoms with Gasteiger partial charge in [0.15, 0.2) is 0 Å². The van der Waals surface area contributed by atoms with Crippen LogP contribution >= 0.6 is 0 Å². The van der Waals surface area contributed by atoms with Crippen LogP contribution in [0, 0.1) is 24.6 Å². The van der Waals surface area contributed by atoms with E-state index in [-0.39, 0.29) is 5.69 Å². The van der Waals surface area contributed by atoms with E-state index in [1.165, 1.54) is 12.1 Å². The number of hydrogen-bond acceptors (Lipinski definition) is 2. The van der Waals surface area contributed by atoms with Gasteiger partial charge in [-0.1, -0.05) is 6.07 Å². The average Bonchev–Trinajstić information content (AvgIpc) is 2.20. The molecule has 4 nitrogen and oxygen atoms in total. The lowest BCUT2D eigenvalue weighted by Gasteiger charge is -2.31. The van der Waals surface area contributed by atoms with Crippen LogP contribution < -0.4 is 5.32 Å². The zero-order valence-corrected chi connectivity index (χ0v) is 9.94. The van der Waals surface area contributed by atoms with E-state index < -0.39 is 29.5 Å². The zero-order chi connectivity index (χ0) is 13.3. The van der Waals surface area contributed by atoms with Gasteiger partial charge in [-0.05, 0) is 37.5 Å². The number of aliphatic carboxylic acids is 1. The lowest BCUT2D eigenvalue weighted by atomic mass is 9.73. The molecule has 1 aliphatic carbocycles. The number of benzene rings is 1. The Morgan fingerprint density at radius 3 is 2.56 bits per heavy atom. The predicted molar refractivity (Wildman–Crippen MR) is 63.6 cm³/mol. The van der Waals surface area contributed by atoms with Crippen LogP contribution in [0.3, 0.4) is 0 Å². The molecule has 1 aromatic carbocycles. The normalized spacial score (nSPS) is 22.1. The highest BCUT2D eigenvalue weighted by Gasteiger charge is 2.41. The Kier molecular flexibility index (Phi) is 3.32. The molecule has 0 aromatic heterocycles. The molecule has 0 radical (unpaired) electrons. The molecule has 1 fully saturated rings. The summed E-state index contributed by atoms with van der Waals surface area (Å²) in [5.74, 6) is -3.09. The number of carbonyl (C=O) groups is 2. The maximum absolute atomic E-state index is 13.4. The van der Waals surface area contributed by atoms with Crippen molar-refractivity contribution in [3.63, 3.8) is 0 Å². The van der Waals surface area contributed by atoms with Gasteiger partial charge in [0.05, 0.1) is 17.5 Å². The summed E-state index contributed by atoms with van der Waals surface area (Å²) >= 11 is 0. The van der Waals surface area contributed by atoms with Crippen LogP contribution in [0.1, 0.15) is 18.4 Å². The second-order valence-electron chi connectivity index (χ2n) is 4.60. The van der Waals surface area contributed by atoms with Crippen molar-refractivity contribution in [2.75, 3.05) is 5.32 Å². The SMILES string of the molecule is Cc1ccc(F)c(NC(=O)C2CCC2C(=O)O)c1. The van der Waals surface area contributed by atoms with Crippen molar-refractivity contribution in [3.8, 4) is 0 Å². The molecule has 1 aromatic rings. The topological polar surface area (TPSA) is 66.4 Å². The third-order valence-corrected chi connectivity index (χ3v) is 3.31. The highest BCUT2D eigenvalue weighted by Crippen LogP contribution is 2.35. The van der Waals surface area contributed by atoms with Gasteiger partial charge >= 0.3 is 5.97 Å². The molecule has 0 saturated heterocycles. The fourth-order valence-electron chi connectivity index (χ4n) is 2.07. The van der Waals surface area contributed by atoms with Crippen LogP contribution in [-0.2, 0) is 9.59 Å². The molecule has 2 atom stereocenters. The third kappa shape index (κ3) is 2.34. The fraction of sp³-hybridized carbons (Fsp3) is 0.385. The van der Waals surface area contributed by atoms with E-state index in [2.05, 4.69) is 5.32 Å². The Balaban J connectivity index is 2.08. The predicted octanol–water partition coefficient (Wildman–Crippen LogP) is 2.18. The number of hydrogen-bond donors (Lipinski definition) is 2. The van der Waals surface area contributed by atoms with Gasteiger partial charge in [-0.15, -0.1) is 0 Å². The Morgan fingerprint density at radius 2 is 2.00 bits per heavy atom. The highest BCUT2D eigenvalue weighted by atomic mass is 19.1. The summed E-state index contributed by atoms with van der Waals surface area (Å²) < 4.78 is 13.4.